The van der Waals surface area contributed by atoms with Crippen LogP contribution >= 0.6 is 0 Å². The van der Waals surface area contributed by atoms with Gasteiger partial charge in [-0.25, -0.2) is 0 Å². The second-order valence-corrected chi connectivity index (χ2v) is 13.9. The average molecular weight is 712 g/mol. The van der Waals surface area contributed by atoms with Crippen molar-refractivity contribution in [1.82, 2.24) is 7.96 Å². The normalized spacial score (nSPS) is 11.3. The van der Waals surface area contributed by atoms with Crippen LogP contribution in [-0.4, -0.2) is 44.8 Å². The summed E-state index contributed by atoms with van der Waals surface area (Å²) in [6.07, 6.45) is 16.3. The zero-order valence-electron chi connectivity index (χ0n) is 32.5. The van der Waals surface area contributed by atoms with Crippen molar-refractivity contribution < 1.29 is 19.7 Å². The van der Waals surface area contributed by atoms with E-state index >= 15 is 0 Å². The molecule has 0 spiro atoms. The third kappa shape index (κ3) is 18.2. The summed E-state index contributed by atoms with van der Waals surface area (Å²) in [5.74, 6) is 9.29. The van der Waals surface area contributed by atoms with Crippen LogP contribution in [0.5, 0.6) is 0 Å². The van der Waals surface area contributed by atoms with Gasteiger partial charge in [-0.2, -0.15) is 0 Å². The van der Waals surface area contributed by atoms with E-state index in [1.165, 1.54) is 73.6 Å². The Bertz CT molecular complexity index is 1320. The van der Waals surface area contributed by atoms with Crippen molar-refractivity contribution in [1.29, 1.82) is 0 Å². The molecule has 0 radical (unpaired) electrons. The molecule has 2 aromatic rings. The van der Waals surface area contributed by atoms with Gasteiger partial charge in [-0.15, -0.1) is 10.7 Å². The molecule has 0 aliphatic heterocycles. The first-order chi connectivity index (χ1) is 24.0. The summed E-state index contributed by atoms with van der Waals surface area (Å²) in [4.78, 5) is 3.42. The molecule has 0 heterocycles. The van der Waals surface area contributed by atoms with Gasteiger partial charge in [0.1, 0.15) is 0 Å². The van der Waals surface area contributed by atoms with Crippen LogP contribution in [0.15, 0.2) is 59.7 Å². The standard InChI is InChI=1S/C36H48N2.2C4H10N.Ni/c1-5-9-12-13-14-16-21-34(29-38-37)35(23-11-7-3)36(33-22-17-20-31(28-33)18-8-4)32-26-24-30(25-27-32)19-15-10-6-2;2*1-3-5-4-2;/h17,20,22,24-28H,5-7,9-16,19,21,23H2,1-4H3;2*3-4H2,1-2H3;/q;2*-1;+2. The predicted octanol–water partition coefficient (Wildman–Crippen LogP) is 11.9. The van der Waals surface area contributed by atoms with Gasteiger partial charge in [0.15, 0.2) is 0 Å². The van der Waals surface area contributed by atoms with E-state index < -0.39 is 0 Å². The predicted molar refractivity (Wildman–Crippen MR) is 210 cm³/mol. The van der Waals surface area contributed by atoms with E-state index in [2.05, 4.69) is 127 Å². The molecule has 0 bridgehead atoms. The van der Waals surface area contributed by atoms with Crippen LogP contribution in [0.2, 0.25) is 0 Å². The number of allylic oxidation sites excluding steroid dienone is 2. The third-order valence-electron chi connectivity index (χ3n) is 8.62. The molecule has 4 nitrogen and oxygen atoms in total. The van der Waals surface area contributed by atoms with E-state index in [0.29, 0.717) is 0 Å². The van der Waals surface area contributed by atoms with Crippen molar-refractivity contribution in [2.45, 2.75) is 145 Å². The molecule has 5 heteroatoms. The Labute approximate surface area is 308 Å². The maximum atomic E-state index is 9.61. The molecule has 0 saturated heterocycles. The summed E-state index contributed by atoms with van der Waals surface area (Å²) in [5, 5.41) is 0. The van der Waals surface area contributed by atoms with Crippen molar-refractivity contribution in [2.24, 2.45) is 0 Å². The summed E-state index contributed by atoms with van der Waals surface area (Å²) in [6.45, 7) is 21.9. The number of hydrogen-bond acceptors (Lipinski definition) is 2. The van der Waals surface area contributed by atoms with Gasteiger partial charge in [-0.05, 0) is 85.4 Å². The van der Waals surface area contributed by atoms with Crippen LogP contribution in [0.25, 0.3) is 11.1 Å². The van der Waals surface area contributed by atoms with Crippen LogP contribution < -0.4 is 0 Å². The molecule has 2 aromatic carbocycles. The molecule has 274 valence electrons. The molecule has 0 unspecified atom stereocenters. The molecule has 49 heavy (non-hydrogen) atoms. The average Bonchev–Trinajstić information content (AvgIpc) is 3.13. The second kappa shape index (κ2) is 29.1. The fraction of sp³-hybridized carbons (Fsp3) is 0.591. The third-order valence-corrected chi connectivity index (χ3v) is 10.4. The first-order valence-corrected chi connectivity index (χ1v) is 20.3. The maximum absolute atomic E-state index is 9.61. The van der Waals surface area contributed by atoms with E-state index in [1.54, 1.807) is 14.9 Å². The molecule has 0 atom stereocenters. The van der Waals surface area contributed by atoms with Crippen LogP contribution in [0, 0.1) is 11.8 Å². The summed E-state index contributed by atoms with van der Waals surface area (Å²) < 4.78 is 4.75. The van der Waals surface area contributed by atoms with Crippen molar-refractivity contribution in [3.63, 3.8) is 0 Å². The van der Waals surface area contributed by atoms with Gasteiger partial charge in [0.25, 0.3) is 0 Å². The Morgan fingerprint density at radius 2 is 1.27 bits per heavy atom. The number of rotatable bonds is 23. The molecule has 0 amide bonds. The van der Waals surface area contributed by atoms with Crippen LogP contribution in [0.3, 0.4) is 0 Å². The number of hydrogen-bond donors (Lipinski definition) is 0. The Hall–Kier alpha value is -2.69. The number of unbranched alkanes of at least 4 members (excludes halogenated alkanes) is 8. The SMILES string of the molecule is CC#Cc1cccc(C(=C(CCCC)C(=C=[N+]=[N-])CCCCCCCC)c2ccc(CCCCC)cc2)c1.CC[N](CC)[Ni][N](CC)CC. The summed E-state index contributed by atoms with van der Waals surface area (Å²) in [5.41, 5.74) is 17.9. The Balaban J connectivity index is 0.000000933. The van der Waals surface area contributed by atoms with E-state index in [1.807, 2.05) is 6.92 Å². The van der Waals surface area contributed by atoms with Crippen LogP contribution in [0.1, 0.15) is 161 Å². The van der Waals surface area contributed by atoms with Crippen molar-refractivity contribution in [3.8, 4) is 11.8 Å². The Morgan fingerprint density at radius 3 is 1.84 bits per heavy atom. The van der Waals surface area contributed by atoms with Crippen molar-refractivity contribution in [2.75, 3.05) is 26.2 Å². The van der Waals surface area contributed by atoms with Crippen LogP contribution in [0.4, 0.5) is 0 Å². The first-order valence-electron chi connectivity index (χ1n) is 19.4. The van der Waals surface area contributed by atoms with Gasteiger partial charge in [0, 0.05) is 5.56 Å². The van der Waals surface area contributed by atoms with Gasteiger partial charge in [-0.3, -0.25) is 0 Å². The zero-order valence-corrected chi connectivity index (χ0v) is 33.4. The van der Waals surface area contributed by atoms with Gasteiger partial charge >= 0.3 is 82.6 Å². The quantitative estimate of drug-likeness (QED) is 0.0219. The molecule has 0 aliphatic carbocycles. The monoisotopic (exact) mass is 710 g/mol. The van der Waals surface area contributed by atoms with Crippen LogP contribution in [-0.2, 0) is 21.3 Å². The number of benzene rings is 2. The van der Waals surface area contributed by atoms with Gasteiger partial charge < -0.3 is 5.53 Å². The Kier molecular flexibility index (Phi) is 26.3. The molecule has 0 aromatic heterocycles. The fourth-order valence-electron chi connectivity index (χ4n) is 5.78. The minimum atomic E-state index is 0.877. The zero-order chi connectivity index (χ0) is 36.1. The first kappa shape index (κ1) is 44.3. The second-order valence-electron chi connectivity index (χ2n) is 12.5. The molecule has 0 saturated carbocycles. The Morgan fingerprint density at radius 1 is 0.673 bits per heavy atom. The molecule has 0 fully saturated rings. The van der Waals surface area contributed by atoms with E-state index in [0.717, 1.165) is 81.4 Å². The van der Waals surface area contributed by atoms with E-state index in [-0.39, 0.29) is 0 Å². The van der Waals surface area contributed by atoms with E-state index in [4.69, 9.17) is 0 Å². The van der Waals surface area contributed by atoms with Gasteiger partial charge in [0.05, 0.1) is 5.57 Å². The summed E-state index contributed by atoms with van der Waals surface area (Å²) in [7, 11) is 0. The number of nitrogens with zero attached hydrogens (tertiary/aromatic N) is 4. The van der Waals surface area contributed by atoms with Crippen molar-refractivity contribution >= 4 is 11.4 Å². The van der Waals surface area contributed by atoms with Gasteiger partial charge in [0.2, 0.25) is 0 Å². The summed E-state index contributed by atoms with van der Waals surface area (Å²) in [6, 6.07) is 17.7. The fourth-order valence-corrected chi connectivity index (χ4v) is 6.73. The summed E-state index contributed by atoms with van der Waals surface area (Å²) >= 11 is 1.67. The van der Waals surface area contributed by atoms with Crippen molar-refractivity contribution in [3.05, 3.63) is 87.5 Å². The molecular formula is C44H68N4Ni. The molecule has 0 aliphatic rings. The molecule has 2 rings (SSSR count). The van der Waals surface area contributed by atoms with E-state index in [9.17, 15) is 5.53 Å². The molecular weight excluding hydrogens is 643 g/mol. The number of aryl methyl sites for hydroxylation is 1. The molecule has 0 N–H and O–H groups in total. The van der Waals surface area contributed by atoms with Gasteiger partial charge in [-0.1, -0.05) is 114 Å². The topological polar surface area (TPSA) is 42.9 Å². The minimum absolute atomic E-state index is 0.877.